The lowest BCUT2D eigenvalue weighted by molar-refractivity contribution is -0.149. The molecule has 0 heterocycles. The van der Waals surface area contributed by atoms with Crippen LogP contribution in [0.1, 0.15) is 48.9 Å². The number of halogens is 2. The molecule has 0 radical (unpaired) electrons. The van der Waals surface area contributed by atoms with Crippen molar-refractivity contribution in [3.63, 3.8) is 0 Å². The molecule has 0 saturated heterocycles. The minimum absolute atomic E-state index is 0.0106. The summed E-state index contributed by atoms with van der Waals surface area (Å²) in [5, 5.41) is 6.03. The maximum absolute atomic E-state index is 13.4. The van der Waals surface area contributed by atoms with Gasteiger partial charge in [-0.15, -0.1) is 0 Å². The Bertz CT molecular complexity index is 1130. The van der Waals surface area contributed by atoms with Gasteiger partial charge in [-0.25, -0.2) is 9.59 Å². The van der Waals surface area contributed by atoms with E-state index >= 15 is 0 Å². The topological polar surface area (TPSA) is 114 Å². The molecule has 0 atom stereocenters. The predicted octanol–water partition coefficient (Wildman–Crippen LogP) is 5.20. The first-order valence-electron chi connectivity index (χ1n) is 11.8. The summed E-state index contributed by atoms with van der Waals surface area (Å²) in [6, 6.07) is 10.7. The first kappa shape index (κ1) is 28.3. The molecule has 0 aromatic heterocycles. The van der Waals surface area contributed by atoms with Gasteiger partial charge in [0, 0.05) is 17.9 Å². The van der Waals surface area contributed by atoms with Gasteiger partial charge in [0.15, 0.2) is 0 Å². The van der Waals surface area contributed by atoms with Crippen molar-refractivity contribution in [3.05, 3.63) is 58.1 Å². The summed E-state index contributed by atoms with van der Waals surface area (Å²) in [5.74, 6) is -1.47. The zero-order valence-electron chi connectivity index (χ0n) is 20.6. The van der Waals surface area contributed by atoms with E-state index < -0.39 is 29.4 Å². The number of hydrogen-bond acceptors (Lipinski definition) is 6. The fourth-order valence-electron chi connectivity index (χ4n) is 4.29. The standard InChI is InChI=1S/C26H29Cl2N3O6/c1-36-21(32)13-16-31(25(35)30-26(24(34)37-2)14-4-3-5-15-26)18-11-9-17(10-12-18)29-23(33)22-19(27)7-6-8-20(22)28/h6-12H,3-5,13-16H2,1-2H3,(H,29,33)(H,30,35). The Hall–Kier alpha value is -3.30. The van der Waals surface area contributed by atoms with Crippen molar-refractivity contribution in [1.29, 1.82) is 0 Å². The second-order valence-corrected chi connectivity index (χ2v) is 9.45. The molecule has 2 aromatic rings. The Morgan fingerprint density at radius 2 is 1.54 bits per heavy atom. The number of benzene rings is 2. The predicted molar refractivity (Wildman–Crippen MR) is 141 cm³/mol. The van der Waals surface area contributed by atoms with Crippen LogP contribution < -0.4 is 15.5 Å². The number of carbonyl (C=O) groups is 4. The van der Waals surface area contributed by atoms with Crippen molar-refractivity contribution < 1.29 is 28.7 Å². The van der Waals surface area contributed by atoms with E-state index in [9.17, 15) is 19.2 Å². The normalized spacial score (nSPS) is 14.3. The SMILES string of the molecule is COC(=O)CCN(C(=O)NC1(C(=O)OC)CCCCC1)c1ccc(NC(=O)c2c(Cl)cccc2Cl)cc1. The molecule has 1 fully saturated rings. The Morgan fingerprint density at radius 3 is 2.11 bits per heavy atom. The van der Waals surface area contributed by atoms with Gasteiger partial charge in [0.05, 0.1) is 36.2 Å². The molecule has 2 N–H and O–H groups in total. The summed E-state index contributed by atoms with van der Waals surface area (Å²) in [6.07, 6.45) is 3.40. The molecule has 1 aliphatic rings. The molecule has 2 aromatic carbocycles. The van der Waals surface area contributed by atoms with Crippen molar-refractivity contribution in [2.75, 3.05) is 31.0 Å². The molecule has 0 unspecified atom stereocenters. The molecule has 9 nitrogen and oxygen atoms in total. The maximum Gasteiger partial charge on any atom is 0.331 e. The van der Waals surface area contributed by atoms with Gasteiger partial charge in [-0.2, -0.15) is 0 Å². The molecule has 0 spiro atoms. The molecular weight excluding hydrogens is 521 g/mol. The molecular formula is C26H29Cl2N3O6. The van der Waals surface area contributed by atoms with Crippen molar-refractivity contribution in [1.82, 2.24) is 5.32 Å². The average Bonchev–Trinajstić information content (AvgIpc) is 2.89. The summed E-state index contributed by atoms with van der Waals surface area (Å²) in [6.45, 7) is 0.0106. The summed E-state index contributed by atoms with van der Waals surface area (Å²) in [7, 11) is 2.56. The number of nitrogens with one attached hydrogen (secondary N) is 2. The van der Waals surface area contributed by atoms with Crippen LogP contribution in [0.25, 0.3) is 0 Å². The molecule has 1 saturated carbocycles. The minimum Gasteiger partial charge on any atom is -0.469 e. The second-order valence-electron chi connectivity index (χ2n) is 8.64. The zero-order valence-corrected chi connectivity index (χ0v) is 22.2. The summed E-state index contributed by atoms with van der Waals surface area (Å²) in [4.78, 5) is 51.9. The quantitative estimate of drug-likeness (QED) is 0.437. The smallest absolute Gasteiger partial charge is 0.331 e. The lowest BCUT2D eigenvalue weighted by Crippen LogP contribution is -2.59. The lowest BCUT2D eigenvalue weighted by atomic mass is 9.81. The van der Waals surface area contributed by atoms with Crippen LogP contribution in [-0.4, -0.2) is 50.2 Å². The monoisotopic (exact) mass is 549 g/mol. The number of hydrogen-bond donors (Lipinski definition) is 2. The van der Waals surface area contributed by atoms with Gasteiger partial charge in [0.1, 0.15) is 5.54 Å². The van der Waals surface area contributed by atoms with Gasteiger partial charge < -0.3 is 20.1 Å². The molecule has 3 amide bonds. The van der Waals surface area contributed by atoms with Gasteiger partial charge in [-0.3, -0.25) is 14.5 Å². The van der Waals surface area contributed by atoms with Gasteiger partial charge >= 0.3 is 18.0 Å². The average molecular weight is 550 g/mol. The summed E-state index contributed by atoms with van der Waals surface area (Å²) in [5.41, 5.74) is -0.0904. The third-order valence-electron chi connectivity index (χ3n) is 6.27. The molecule has 198 valence electrons. The highest BCUT2D eigenvalue weighted by atomic mass is 35.5. The number of urea groups is 1. The van der Waals surface area contributed by atoms with Crippen LogP contribution in [0.5, 0.6) is 0 Å². The van der Waals surface area contributed by atoms with Crippen LogP contribution in [0, 0.1) is 0 Å². The van der Waals surface area contributed by atoms with Crippen LogP contribution in [0.2, 0.25) is 10.0 Å². The van der Waals surface area contributed by atoms with Crippen molar-refractivity contribution in [2.24, 2.45) is 0 Å². The Kier molecular flexibility index (Phi) is 9.77. The van der Waals surface area contributed by atoms with Gasteiger partial charge in [-0.1, -0.05) is 48.5 Å². The number of ether oxygens (including phenoxy) is 2. The minimum atomic E-state index is -1.13. The van der Waals surface area contributed by atoms with Crippen molar-refractivity contribution >= 4 is 58.5 Å². The molecule has 3 rings (SSSR count). The highest BCUT2D eigenvalue weighted by Crippen LogP contribution is 2.31. The van der Waals surface area contributed by atoms with E-state index in [1.165, 1.54) is 19.1 Å². The van der Waals surface area contributed by atoms with Crippen LogP contribution in [-0.2, 0) is 19.1 Å². The number of rotatable bonds is 8. The molecule has 0 aliphatic heterocycles. The second kappa shape index (κ2) is 12.8. The molecule has 1 aliphatic carbocycles. The highest BCUT2D eigenvalue weighted by molar-refractivity contribution is 6.40. The van der Waals surface area contributed by atoms with Crippen LogP contribution in [0.3, 0.4) is 0 Å². The van der Waals surface area contributed by atoms with Crippen LogP contribution in [0.4, 0.5) is 16.2 Å². The van der Waals surface area contributed by atoms with E-state index in [1.807, 2.05) is 0 Å². The van der Waals surface area contributed by atoms with Crippen molar-refractivity contribution in [2.45, 2.75) is 44.1 Å². The summed E-state index contributed by atoms with van der Waals surface area (Å²) < 4.78 is 9.72. The van der Waals surface area contributed by atoms with Crippen LogP contribution >= 0.6 is 23.2 Å². The highest BCUT2D eigenvalue weighted by Gasteiger charge is 2.43. The fourth-order valence-corrected chi connectivity index (χ4v) is 4.86. The zero-order chi connectivity index (χ0) is 27.0. The molecule has 11 heteroatoms. The third kappa shape index (κ3) is 6.93. The van der Waals surface area contributed by atoms with E-state index in [4.69, 9.17) is 32.7 Å². The van der Waals surface area contributed by atoms with Crippen molar-refractivity contribution in [3.8, 4) is 0 Å². The number of carbonyl (C=O) groups excluding carboxylic acids is 4. The molecule has 37 heavy (non-hydrogen) atoms. The van der Waals surface area contributed by atoms with E-state index in [2.05, 4.69) is 10.6 Å². The van der Waals surface area contributed by atoms with E-state index in [0.717, 1.165) is 19.3 Å². The number of anilines is 2. The Labute approximate surface area is 225 Å². The number of amides is 3. The van der Waals surface area contributed by atoms with E-state index in [-0.39, 0.29) is 28.6 Å². The first-order chi connectivity index (χ1) is 17.7. The van der Waals surface area contributed by atoms with Gasteiger partial charge in [0.2, 0.25) is 0 Å². The largest absolute Gasteiger partial charge is 0.469 e. The third-order valence-corrected chi connectivity index (χ3v) is 6.90. The molecule has 0 bridgehead atoms. The van der Waals surface area contributed by atoms with E-state index in [1.54, 1.807) is 42.5 Å². The Morgan fingerprint density at radius 1 is 0.919 bits per heavy atom. The summed E-state index contributed by atoms with van der Waals surface area (Å²) >= 11 is 12.2. The number of nitrogens with zero attached hydrogens (tertiary/aromatic N) is 1. The Balaban J connectivity index is 1.82. The lowest BCUT2D eigenvalue weighted by Gasteiger charge is -2.37. The van der Waals surface area contributed by atoms with Crippen LogP contribution in [0.15, 0.2) is 42.5 Å². The number of esters is 2. The van der Waals surface area contributed by atoms with Gasteiger partial charge in [0.25, 0.3) is 5.91 Å². The fraction of sp³-hybridized carbons (Fsp3) is 0.385. The number of methoxy groups -OCH3 is 2. The van der Waals surface area contributed by atoms with E-state index in [0.29, 0.717) is 24.2 Å². The van der Waals surface area contributed by atoms with Gasteiger partial charge in [-0.05, 0) is 49.2 Å². The first-order valence-corrected chi connectivity index (χ1v) is 12.6. The maximum atomic E-state index is 13.4.